The summed E-state index contributed by atoms with van der Waals surface area (Å²) in [6.07, 6.45) is 1.90. The van der Waals surface area contributed by atoms with Gasteiger partial charge in [-0.1, -0.05) is 31.9 Å². The molecule has 1 aliphatic heterocycles. The summed E-state index contributed by atoms with van der Waals surface area (Å²) in [6, 6.07) is 3.44. The van der Waals surface area contributed by atoms with E-state index in [-0.39, 0.29) is 24.2 Å². The maximum Gasteiger partial charge on any atom is 0.122 e. The molecular weight excluding hydrogens is 385 g/mol. The fourth-order valence-electron chi connectivity index (χ4n) is 2.21. The van der Waals surface area contributed by atoms with Crippen molar-refractivity contribution in [3.63, 3.8) is 0 Å². The van der Waals surface area contributed by atoms with Gasteiger partial charge in [-0.3, -0.25) is 0 Å². The van der Waals surface area contributed by atoms with Crippen LogP contribution in [0.25, 0.3) is 0 Å². The average molecular weight is 402 g/mol. The molecule has 1 saturated heterocycles. The molecule has 1 aromatic carbocycles. The lowest BCUT2D eigenvalue weighted by molar-refractivity contribution is 0.0580. The van der Waals surface area contributed by atoms with E-state index in [0.29, 0.717) is 5.92 Å². The zero-order valence-corrected chi connectivity index (χ0v) is 13.7. The third-order valence-corrected chi connectivity index (χ3v) is 4.29. The lowest BCUT2D eigenvalue weighted by Gasteiger charge is -2.28. The molecule has 0 radical (unpaired) electrons. The second kappa shape index (κ2) is 7.10. The highest BCUT2D eigenvalue weighted by Gasteiger charge is 2.26. The lowest BCUT2D eigenvalue weighted by Crippen LogP contribution is -2.27. The first-order valence-electron chi connectivity index (χ1n) is 5.61. The third-order valence-electron chi connectivity index (χ3n) is 3.18. The molecule has 0 bridgehead atoms. The molecule has 0 unspecified atom stereocenters. The van der Waals surface area contributed by atoms with Crippen LogP contribution in [-0.2, 0) is 4.74 Å². The van der Waals surface area contributed by atoms with Crippen LogP contribution in [0, 0.1) is 5.92 Å². The van der Waals surface area contributed by atoms with E-state index in [1.165, 1.54) is 0 Å². The van der Waals surface area contributed by atoms with Crippen molar-refractivity contribution in [2.24, 2.45) is 11.7 Å². The number of halogens is 3. The number of phenolic OH excluding ortho intramolecular Hbond substituents is 1. The molecular formula is C12H16Br2ClNO2. The van der Waals surface area contributed by atoms with Gasteiger partial charge in [0, 0.05) is 33.8 Å². The second-order valence-corrected chi connectivity index (χ2v) is 6.07. The Labute approximate surface area is 130 Å². The van der Waals surface area contributed by atoms with Crippen molar-refractivity contribution < 1.29 is 9.84 Å². The highest BCUT2D eigenvalue weighted by molar-refractivity contribution is 9.11. The predicted molar refractivity (Wildman–Crippen MR) is 81.2 cm³/mol. The zero-order valence-electron chi connectivity index (χ0n) is 9.73. The van der Waals surface area contributed by atoms with Crippen molar-refractivity contribution in [1.82, 2.24) is 0 Å². The molecule has 6 heteroatoms. The van der Waals surface area contributed by atoms with Gasteiger partial charge in [0.05, 0.1) is 0 Å². The predicted octanol–water partition coefficient (Wildman–Crippen LogP) is 3.77. The molecule has 1 aliphatic rings. The standard InChI is InChI=1S/C12H15Br2NO2.ClH/c13-8-5-9(14)11(10(16)6-8)12(15)7-1-3-17-4-2-7;/h5-7,12,16H,1-4,15H2;1H/t12-;/m1./s1. The van der Waals surface area contributed by atoms with Gasteiger partial charge in [0.25, 0.3) is 0 Å². The first kappa shape index (κ1) is 16.2. The van der Waals surface area contributed by atoms with Crippen molar-refractivity contribution in [1.29, 1.82) is 0 Å². The Balaban J connectivity index is 0.00000162. The number of benzene rings is 1. The van der Waals surface area contributed by atoms with E-state index in [1.807, 2.05) is 6.07 Å². The minimum absolute atomic E-state index is 0. The van der Waals surface area contributed by atoms with Gasteiger partial charge in [0.2, 0.25) is 0 Å². The molecule has 0 aliphatic carbocycles. The number of nitrogens with two attached hydrogens (primary N) is 1. The fourth-order valence-corrected chi connectivity index (χ4v) is 3.68. The highest BCUT2D eigenvalue weighted by atomic mass is 79.9. The molecule has 102 valence electrons. The number of hydrogen-bond acceptors (Lipinski definition) is 3. The molecule has 3 nitrogen and oxygen atoms in total. The van der Waals surface area contributed by atoms with Crippen LogP contribution in [-0.4, -0.2) is 18.3 Å². The number of phenols is 1. The minimum atomic E-state index is -0.152. The van der Waals surface area contributed by atoms with Crippen LogP contribution >= 0.6 is 44.3 Å². The molecule has 1 aromatic rings. The van der Waals surface area contributed by atoms with Crippen LogP contribution in [0.4, 0.5) is 0 Å². The Morgan fingerprint density at radius 1 is 1.28 bits per heavy atom. The normalized spacial score (nSPS) is 18.2. The summed E-state index contributed by atoms with van der Waals surface area (Å²) in [5.41, 5.74) is 7.05. The van der Waals surface area contributed by atoms with Gasteiger partial charge in [0.15, 0.2) is 0 Å². The maximum absolute atomic E-state index is 10.0. The number of hydrogen-bond donors (Lipinski definition) is 2. The van der Waals surface area contributed by atoms with Crippen molar-refractivity contribution >= 4 is 44.3 Å². The summed E-state index contributed by atoms with van der Waals surface area (Å²) >= 11 is 6.81. The molecule has 0 amide bonds. The minimum Gasteiger partial charge on any atom is -0.508 e. The molecule has 0 spiro atoms. The number of aromatic hydroxyl groups is 1. The van der Waals surface area contributed by atoms with Crippen LogP contribution in [0.5, 0.6) is 5.75 Å². The summed E-state index contributed by atoms with van der Waals surface area (Å²) in [5.74, 6) is 0.609. The summed E-state index contributed by atoms with van der Waals surface area (Å²) in [6.45, 7) is 1.51. The van der Waals surface area contributed by atoms with E-state index < -0.39 is 0 Å². The van der Waals surface area contributed by atoms with E-state index in [1.54, 1.807) is 6.07 Å². The SMILES string of the molecule is Cl.N[C@@H](c1c(O)cc(Br)cc1Br)C1CCOCC1. The van der Waals surface area contributed by atoms with Gasteiger partial charge in [-0.05, 0) is 30.9 Å². The van der Waals surface area contributed by atoms with Gasteiger partial charge >= 0.3 is 0 Å². The first-order chi connectivity index (χ1) is 8.09. The molecule has 18 heavy (non-hydrogen) atoms. The molecule has 0 saturated carbocycles. The Bertz CT molecular complexity index is 388. The fraction of sp³-hybridized carbons (Fsp3) is 0.500. The second-order valence-electron chi connectivity index (χ2n) is 4.30. The van der Waals surface area contributed by atoms with Crippen LogP contribution in [0.3, 0.4) is 0 Å². The molecule has 3 N–H and O–H groups in total. The van der Waals surface area contributed by atoms with Crippen molar-refractivity contribution in [2.75, 3.05) is 13.2 Å². The van der Waals surface area contributed by atoms with E-state index in [0.717, 1.165) is 40.6 Å². The van der Waals surface area contributed by atoms with Gasteiger partial charge in [-0.25, -0.2) is 0 Å². The van der Waals surface area contributed by atoms with Gasteiger partial charge in [-0.2, -0.15) is 0 Å². The summed E-state index contributed by atoms with van der Waals surface area (Å²) in [5, 5.41) is 10.0. The highest BCUT2D eigenvalue weighted by Crippen LogP contribution is 2.39. The summed E-state index contributed by atoms with van der Waals surface area (Å²) < 4.78 is 7.02. The van der Waals surface area contributed by atoms with Crippen LogP contribution < -0.4 is 5.73 Å². The topological polar surface area (TPSA) is 55.5 Å². The number of rotatable bonds is 2. The largest absolute Gasteiger partial charge is 0.508 e. The average Bonchev–Trinajstić information content (AvgIpc) is 2.28. The van der Waals surface area contributed by atoms with E-state index in [2.05, 4.69) is 31.9 Å². The van der Waals surface area contributed by atoms with Crippen LogP contribution in [0.15, 0.2) is 21.1 Å². The van der Waals surface area contributed by atoms with E-state index in [4.69, 9.17) is 10.5 Å². The van der Waals surface area contributed by atoms with E-state index in [9.17, 15) is 5.11 Å². The maximum atomic E-state index is 10.0. The molecule has 2 rings (SSSR count). The Morgan fingerprint density at radius 2 is 1.89 bits per heavy atom. The van der Waals surface area contributed by atoms with Crippen molar-refractivity contribution in [2.45, 2.75) is 18.9 Å². The Hall–Kier alpha value is 0.190. The Morgan fingerprint density at radius 3 is 2.44 bits per heavy atom. The van der Waals surface area contributed by atoms with E-state index >= 15 is 0 Å². The monoisotopic (exact) mass is 399 g/mol. The van der Waals surface area contributed by atoms with Gasteiger partial charge < -0.3 is 15.6 Å². The quantitative estimate of drug-likeness (QED) is 0.793. The van der Waals surface area contributed by atoms with Crippen molar-refractivity contribution in [3.05, 3.63) is 26.6 Å². The molecule has 1 atom stereocenters. The zero-order chi connectivity index (χ0) is 12.4. The van der Waals surface area contributed by atoms with Crippen molar-refractivity contribution in [3.8, 4) is 5.75 Å². The van der Waals surface area contributed by atoms with Crippen LogP contribution in [0.1, 0.15) is 24.4 Å². The lowest BCUT2D eigenvalue weighted by atomic mass is 9.87. The van der Waals surface area contributed by atoms with Crippen LogP contribution in [0.2, 0.25) is 0 Å². The third kappa shape index (κ3) is 3.61. The smallest absolute Gasteiger partial charge is 0.122 e. The number of ether oxygens (including phenoxy) is 1. The molecule has 0 aromatic heterocycles. The Kier molecular flexibility index (Phi) is 6.41. The molecule has 1 heterocycles. The van der Waals surface area contributed by atoms with Gasteiger partial charge in [-0.15, -0.1) is 12.4 Å². The summed E-state index contributed by atoms with van der Waals surface area (Å²) in [7, 11) is 0. The molecule has 1 fully saturated rings. The summed E-state index contributed by atoms with van der Waals surface area (Å²) in [4.78, 5) is 0. The first-order valence-corrected chi connectivity index (χ1v) is 7.19. The van der Waals surface area contributed by atoms with Gasteiger partial charge in [0.1, 0.15) is 5.75 Å².